The van der Waals surface area contributed by atoms with Crippen LogP contribution in [0.25, 0.3) is 0 Å². The molecule has 1 fully saturated rings. The number of carboxylic acid groups (broad SMARTS) is 1. The van der Waals surface area contributed by atoms with E-state index in [1.807, 2.05) is 0 Å². The number of anilines is 1. The molecule has 8 heteroatoms. The van der Waals surface area contributed by atoms with Gasteiger partial charge in [0.25, 0.3) is 0 Å². The fourth-order valence-electron chi connectivity index (χ4n) is 1.85. The minimum Gasteiger partial charge on any atom is -0.479 e. The van der Waals surface area contributed by atoms with Crippen molar-refractivity contribution in [3.05, 3.63) is 23.9 Å². The summed E-state index contributed by atoms with van der Waals surface area (Å²) in [6.45, 7) is -0.0241. The summed E-state index contributed by atoms with van der Waals surface area (Å²) in [7, 11) is 0. The van der Waals surface area contributed by atoms with E-state index in [1.165, 1.54) is 6.20 Å². The van der Waals surface area contributed by atoms with Crippen LogP contribution < -0.4 is 5.32 Å². The van der Waals surface area contributed by atoms with Crippen molar-refractivity contribution in [1.82, 2.24) is 4.98 Å². The Kier molecular flexibility index (Phi) is 3.36. The van der Waals surface area contributed by atoms with E-state index in [1.54, 1.807) is 0 Å². The highest BCUT2D eigenvalue weighted by Crippen LogP contribution is 2.35. The molecule has 0 radical (unpaired) electrons. The second-order valence-corrected chi connectivity index (χ2v) is 4.21. The molecule has 0 amide bonds. The van der Waals surface area contributed by atoms with E-state index in [0.29, 0.717) is 0 Å². The summed E-state index contributed by atoms with van der Waals surface area (Å²) < 4.78 is 43.3. The van der Waals surface area contributed by atoms with Crippen molar-refractivity contribution in [2.24, 2.45) is 0 Å². The van der Waals surface area contributed by atoms with Gasteiger partial charge < -0.3 is 15.2 Å². The number of rotatable bonds is 3. The van der Waals surface area contributed by atoms with Crippen LogP contribution in [0.5, 0.6) is 0 Å². The van der Waals surface area contributed by atoms with Crippen LogP contribution in [0, 0.1) is 0 Å². The van der Waals surface area contributed by atoms with E-state index in [9.17, 15) is 18.0 Å². The summed E-state index contributed by atoms with van der Waals surface area (Å²) in [6.07, 6.45) is -3.35. The predicted octanol–water partition coefficient (Wildman–Crippen LogP) is 1.76. The van der Waals surface area contributed by atoms with Gasteiger partial charge in [0.05, 0.1) is 12.2 Å². The SMILES string of the molecule is O=C(O)C1(Nc2ncccc2C(F)(F)F)CCOC1. The molecule has 1 aromatic heterocycles. The van der Waals surface area contributed by atoms with Gasteiger partial charge in [-0.15, -0.1) is 0 Å². The Bertz CT molecular complexity index is 484. The van der Waals surface area contributed by atoms with Crippen LogP contribution in [0.15, 0.2) is 18.3 Å². The van der Waals surface area contributed by atoms with E-state index < -0.39 is 29.1 Å². The average Bonchev–Trinajstić information content (AvgIpc) is 2.78. The topological polar surface area (TPSA) is 71.5 Å². The highest BCUT2D eigenvalue weighted by Gasteiger charge is 2.45. The molecule has 1 aliphatic heterocycles. The molecule has 104 valence electrons. The number of nitrogens with zero attached hydrogens (tertiary/aromatic N) is 1. The second-order valence-electron chi connectivity index (χ2n) is 4.21. The fourth-order valence-corrected chi connectivity index (χ4v) is 1.85. The van der Waals surface area contributed by atoms with E-state index in [-0.39, 0.29) is 19.6 Å². The Labute approximate surface area is 106 Å². The normalized spacial score (nSPS) is 23.3. The van der Waals surface area contributed by atoms with Gasteiger partial charge in [-0.05, 0) is 12.1 Å². The van der Waals surface area contributed by atoms with Gasteiger partial charge in [0.15, 0.2) is 5.54 Å². The average molecular weight is 276 g/mol. The van der Waals surface area contributed by atoms with Crippen LogP contribution in [0.1, 0.15) is 12.0 Å². The van der Waals surface area contributed by atoms with Crippen molar-refractivity contribution in [3.8, 4) is 0 Å². The third kappa shape index (κ3) is 2.62. The molecular weight excluding hydrogens is 265 g/mol. The maximum Gasteiger partial charge on any atom is 0.419 e. The first-order valence-electron chi connectivity index (χ1n) is 5.47. The first-order valence-corrected chi connectivity index (χ1v) is 5.47. The summed E-state index contributed by atoms with van der Waals surface area (Å²) in [6, 6.07) is 1.99. The lowest BCUT2D eigenvalue weighted by molar-refractivity contribution is -0.143. The molecule has 2 heterocycles. The summed E-state index contributed by atoms with van der Waals surface area (Å²) >= 11 is 0. The van der Waals surface area contributed by atoms with Crippen molar-refractivity contribution in [2.75, 3.05) is 18.5 Å². The molecule has 0 aliphatic carbocycles. The highest BCUT2D eigenvalue weighted by molar-refractivity contribution is 5.83. The van der Waals surface area contributed by atoms with Gasteiger partial charge in [-0.1, -0.05) is 0 Å². The Balaban J connectivity index is 2.35. The predicted molar refractivity (Wildman–Crippen MR) is 58.7 cm³/mol. The van der Waals surface area contributed by atoms with Gasteiger partial charge in [0.2, 0.25) is 0 Å². The van der Waals surface area contributed by atoms with E-state index >= 15 is 0 Å². The first-order chi connectivity index (χ1) is 8.85. The summed E-state index contributed by atoms with van der Waals surface area (Å²) in [5, 5.41) is 11.5. The third-order valence-electron chi connectivity index (χ3n) is 2.90. The largest absolute Gasteiger partial charge is 0.479 e. The molecule has 0 saturated carbocycles. The molecule has 0 aromatic carbocycles. The van der Waals surface area contributed by atoms with Crippen molar-refractivity contribution >= 4 is 11.8 Å². The quantitative estimate of drug-likeness (QED) is 0.880. The lowest BCUT2D eigenvalue weighted by atomic mass is 9.98. The Hall–Kier alpha value is -1.83. The van der Waals surface area contributed by atoms with Crippen molar-refractivity contribution in [1.29, 1.82) is 0 Å². The number of hydrogen-bond donors (Lipinski definition) is 2. The molecule has 2 rings (SSSR count). The van der Waals surface area contributed by atoms with Crippen molar-refractivity contribution < 1.29 is 27.8 Å². The number of pyridine rings is 1. The highest BCUT2D eigenvalue weighted by atomic mass is 19.4. The zero-order chi connectivity index (χ0) is 14.1. The molecule has 0 bridgehead atoms. The van der Waals surface area contributed by atoms with Crippen molar-refractivity contribution in [2.45, 2.75) is 18.1 Å². The number of aromatic nitrogens is 1. The fraction of sp³-hybridized carbons (Fsp3) is 0.455. The van der Waals surface area contributed by atoms with Crippen LogP contribution >= 0.6 is 0 Å². The smallest absolute Gasteiger partial charge is 0.419 e. The maximum absolute atomic E-state index is 12.8. The summed E-state index contributed by atoms with van der Waals surface area (Å²) in [5.74, 6) is -1.76. The molecule has 19 heavy (non-hydrogen) atoms. The molecule has 1 unspecified atom stereocenters. The molecule has 1 atom stereocenters. The summed E-state index contributed by atoms with van der Waals surface area (Å²) in [5.41, 5.74) is -2.56. The van der Waals surface area contributed by atoms with E-state index in [2.05, 4.69) is 10.3 Å². The van der Waals surface area contributed by atoms with Gasteiger partial charge >= 0.3 is 12.1 Å². The zero-order valence-corrected chi connectivity index (χ0v) is 9.70. The van der Waals surface area contributed by atoms with Crippen LogP contribution in [0.3, 0.4) is 0 Å². The molecule has 0 spiro atoms. The Morgan fingerprint density at radius 2 is 2.26 bits per heavy atom. The number of alkyl halides is 3. The molecule has 1 aromatic rings. The summed E-state index contributed by atoms with van der Waals surface area (Å²) in [4.78, 5) is 14.8. The molecule has 5 nitrogen and oxygen atoms in total. The Morgan fingerprint density at radius 1 is 1.53 bits per heavy atom. The molecule has 1 aliphatic rings. The van der Waals surface area contributed by atoms with E-state index in [0.717, 1.165) is 12.1 Å². The number of halogens is 3. The lowest BCUT2D eigenvalue weighted by Gasteiger charge is -2.25. The minimum atomic E-state index is -4.60. The number of carbonyl (C=O) groups is 1. The third-order valence-corrected chi connectivity index (χ3v) is 2.90. The number of aliphatic carboxylic acids is 1. The second kappa shape index (κ2) is 4.69. The number of nitrogens with one attached hydrogen (secondary N) is 1. The zero-order valence-electron chi connectivity index (χ0n) is 9.70. The monoisotopic (exact) mass is 276 g/mol. The van der Waals surface area contributed by atoms with Crippen LogP contribution in [-0.4, -0.2) is 34.8 Å². The Morgan fingerprint density at radius 3 is 2.79 bits per heavy atom. The number of carboxylic acids is 1. The number of hydrogen-bond acceptors (Lipinski definition) is 4. The van der Waals surface area contributed by atoms with Gasteiger partial charge in [0.1, 0.15) is 5.82 Å². The van der Waals surface area contributed by atoms with Gasteiger partial charge in [0, 0.05) is 19.2 Å². The van der Waals surface area contributed by atoms with Gasteiger partial charge in [-0.3, -0.25) is 0 Å². The maximum atomic E-state index is 12.8. The standard InChI is InChI=1S/C11H11F3N2O3/c12-11(13,14)7-2-1-4-15-8(7)16-10(9(17)18)3-5-19-6-10/h1-2,4H,3,5-6H2,(H,15,16)(H,17,18). The molecule has 2 N–H and O–H groups in total. The van der Waals surface area contributed by atoms with Crippen LogP contribution in [-0.2, 0) is 15.7 Å². The minimum absolute atomic E-state index is 0.0796. The first kappa shape index (κ1) is 13.6. The number of ether oxygens (including phenoxy) is 1. The van der Waals surface area contributed by atoms with Gasteiger partial charge in [-0.2, -0.15) is 13.2 Å². The van der Waals surface area contributed by atoms with Crippen LogP contribution in [0.2, 0.25) is 0 Å². The lowest BCUT2D eigenvalue weighted by Crippen LogP contribution is -2.47. The van der Waals surface area contributed by atoms with Gasteiger partial charge in [-0.25, -0.2) is 9.78 Å². The van der Waals surface area contributed by atoms with E-state index in [4.69, 9.17) is 9.84 Å². The van der Waals surface area contributed by atoms with Crippen molar-refractivity contribution in [3.63, 3.8) is 0 Å². The molecule has 1 saturated heterocycles. The molecular formula is C11H11F3N2O3. The van der Waals surface area contributed by atoms with Crippen LogP contribution in [0.4, 0.5) is 19.0 Å².